The molecule has 4 aromatic rings. The van der Waals surface area contributed by atoms with Crippen LogP contribution >= 0.6 is 0 Å². The highest BCUT2D eigenvalue weighted by molar-refractivity contribution is 7.87. The lowest BCUT2D eigenvalue weighted by molar-refractivity contribution is -0.143. The van der Waals surface area contributed by atoms with E-state index in [2.05, 4.69) is 0 Å². The first-order chi connectivity index (χ1) is 18.9. The summed E-state index contributed by atoms with van der Waals surface area (Å²) >= 11 is 0. The fourth-order valence-electron chi connectivity index (χ4n) is 5.01. The van der Waals surface area contributed by atoms with Gasteiger partial charge in [0.2, 0.25) is 5.91 Å². The molecule has 3 atom stereocenters. The number of anilines is 1. The van der Waals surface area contributed by atoms with Crippen LogP contribution in [0.4, 0.5) is 5.69 Å². The maximum absolute atomic E-state index is 13.7. The van der Waals surface area contributed by atoms with Crippen molar-refractivity contribution in [2.24, 2.45) is 5.92 Å². The second-order valence-corrected chi connectivity index (χ2v) is 10.9. The largest absolute Gasteiger partial charge is 0.379 e. The molecule has 4 aromatic carbocycles. The van der Waals surface area contributed by atoms with Gasteiger partial charge in [-0.25, -0.2) is 5.06 Å². The maximum Gasteiger partial charge on any atom is 0.339 e. The molecule has 2 aliphatic heterocycles. The summed E-state index contributed by atoms with van der Waals surface area (Å²) in [6, 6.07) is 32.3. The zero-order chi connectivity index (χ0) is 27.0. The number of hydroxylamine groups is 1. The summed E-state index contributed by atoms with van der Waals surface area (Å²) in [6.45, 7) is 0.164. The van der Waals surface area contributed by atoms with Gasteiger partial charge in [-0.15, -0.1) is 0 Å². The molecule has 39 heavy (non-hydrogen) atoms. The molecule has 0 aliphatic carbocycles. The predicted octanol–water partition coefficient (Wildman–Crippen LogP) is 4.50. The van der Waals surface area contributed by atoms with Crippen molar-refractivity contribution in [1.29, 1.82) is 0 Å². The molecule has 0 saturated carbocycles. The molecule has 6 rings (SSSR count). The normalized spacial score (nSPS) is 20.8. The first-order valence-corrected chi connectivity index (χ1v) is 13.8. The van der Waals surface area contributed by atoms with E-state index in [0.717, 1.165) is 5.56 Å². The van der Waals surface area contributed by atoms with Crippen LogP contribution in [0.2, 0.25) is 0 Å². The molecule has 2 amide bonds. The van der Waals surface area contributed by atoms with Gasteiger partial charge in [-0.2, -0.15) is 8.42 Å². The van der Waals surface area contributed by atoms with E-state index in [4.69, 9.17) is 9.02 Å². The van der Waals surface area contributed by atoms with Crippen molar-refractivity contribution in [3.05, 3.63) is 126 Å². The Hall–Kier alpha value is -4.47. The number of likely N-dealkylation sites (tertiary alicyclic amines) is 1. The van der Waals surface area contributed by atoms with Crippen molar-refractivity contribution in [3.63, 3.8) is 0 Å². The van der Waals surface area contributed by atoms with E-state index in [0.29, 0.717) is 11.3 Å². The Bertz CT molecular complexity index is 1600. The van der Waals surface area contributed by atoms with E-state index in [1.165, 1.54) is 29.2 Å². The number of amides is 2. The fourth-order valence-corrected chi connectivity index (χ4v) is 5.96. The van der Waals surface area contributed by atoms with Gasteiger partial charge >= 0.3 is 10.1 Å². The Balaban J connectivity index is 1.31. The summed E-state index contributed by atoms with van der Waals surface area (Å²) in [6.07, 6.45) is -0.971. The number of rotatable bonds is 7. The summed E-state index contributed by atoms with van der Waals surface area (Å²) in [5, 5.41) is 1.60. The molecule has 0 radical (unpaired) electrons. The Morgan fingerprint density at radius 3 is 1.95 bits per heavy atom. The Morgan fingerprint density at radius 1 is 0.718 bits per heavy atom. The maximum atomic E-state index is 13.7. The van der Waals surface area contributed by atoms with Gasteiger partial charge in [-0.05, 0) is 47.5 Å². The number of hydrogen-bond donors (Lipinski definition) is 0. The van der Waals surface area contributed by atoms with Crippen LogP contribution in [-0.4, -0.2) is 31.2 Å². The van der Waals surface area contributed by atoms with Crippen LogP contribution in [-0.2, 0) is 31.1 Å². The molecular formula is C30H24N2O6S. The first-order valence-electron chi connectivity index (χ1n) is 12.4. The van der Waals surface area contributed by atoms with Gasteiger partial charge in [0.05, 0.1) is 18.3 Å². The van der Waals surface area contributed by atoms with Gasteiger partial charge in [-0.3, -0.25) is 19.3 Å². The van der Waals surface area contributed by atoms with E-state index in [-0.39, 0.29) is 29.0 Å². The molecular weight excluding hydrogens is 516 g/mol. The average Bonchev–Trinajstić information content (AvgIpc) is 3.47. The third-order valence-corrected chi connectivity index (χ3v) is 8.12. The highest BCUT2D eigenvalue weighted by Crippen LogP contribution is 2.47. The minimum Gasteiger partial charge on any atom is -0.379 e. The van der Waals surface area contributed by atoms with Crippen molar-refractivity contribution in [2.75, 3.05) is 5.06 Å². The van der Waals surface area contributed by atoms with Gasteiger partial charge in [0, 0.05) is 0 Å². The second-order valence-electron chi connectivity index (χ2n) is 9.33. The number of nitrogens with zero attached hydrogens (tertiary/aromatic N) is 2. The summed E-state index contributed by atoms with van der Waals surface area (Å²) in [7, 11) is -4.01. The number of fused-ring (bicyclic) bond motifs is 1. The average molecular weight is 541 g/mol. The number of benzene rings is 4. The number of carbonyl (C=O) groups excluding carboxylic acids is 2. The van der Waals surface area contributed by atoms with Crippen LogP contribution in [0, 0.1) is 5.92 Å². The Morgan fingerprint density at radius 2 is 1.31 bits per heavy atom. The number of hydrogen-bond acceptors (Lipinski definition) is 7. The smallest absolute Gasteiger partial charge is 0.339 e. The van der Waals surface area contributed by atoms with Crippen LogP contribution in [0.25, 0.3) is 0 Å². The van der Waals surface area contributed by atoms with Crippen LogP contribution in [0.5, 0.6) is 5.75 Å². The van der Waals surface area contributed by atoms with Crippen molar-refractivity contribution in [3.8, 4) is 5.75 Å². The molecule has 0 bridgehead atoms. The monoisotopic (exact) mass is 540 g/mol. The van der Waals surface area contributed by atoms with Crippen molar-refractivity contribution in [1.82, 2.24) is 4.90 Å². The minimum atomic E-state index is -4.01. The fraction of sp³-hybridized carbons (Fsp3) is 0.133. The third-order valence-electron chi connectivity index (χ3n) is 6.86. The highest BCUT2D eigenvalue weighted by Gasteiger charge is 2.59. The zero-order valence-electron chi connectivity index (χ0n) is 20.7. The molecule has 8 nitrogen and oxygen atoms in total. The molecule has 196 valence electrons. The molecule has 0 N–H and O–H groups in total. The summed E-state index contributed by atoms with van der Waals surface area (Å²) < 4.78 is 30.6. The van der Waals surface area contributed by atoms with Gasteiger partial charge in [0.15, 0.2) is 6.10 Å². The first kappa shape index (κ1) is 24.8. The SMILES string of the molecule is O=C1[C@H]2[C@@H](c3ccc(OS(=O)(=O)c4ccccc4)cc3)N(c3ccccc3)O[C@H]2C(=O)N1Cc1ccccc1. The molecule has 0 aromatic heterocycles. The summed E-state index contributed by atoms with van der Waals surface area (Å²) in [5.41, 5.74) is 2.22. The minimum absolute atomic E-state index is 0.0462. The summed E-state index contributed by atoms with van der Waals surface area (Å²) in [5.74, 6) is -1.35. The topological polar surface area (TPSA) is 93.2 Å². The zero-order valence-corrected chi connectivity index (χ0v) is 21.5. The van der Waals surface area contributed by atoms with Crippen molar-refractivity contribution >= 4 is 27.6 Å². The number of carbonyl (C=O) groups is 2. The van der Waals surface area contributed by atoms with E-state index in [1.807, 2.05) is 60.7 Å². The Labute approximate surface area is 226 Å². The highest BCUT2D eigenvalue weighted by atomic mass is 32.2. The molecule has 0 spiro atoms. The van der Waals surface area contributed by atoms with E-state index < -0.39 is 28.2 Å². The molecule has 9 heteroatoms. The molecule has 2 aliphatic rings. The van der Waals surface area contributed by atoms with Crippen LogP contribution in [0.15, 0.2) is 120 Å². The Kier molecular flexibility index (Phi) is 6.38. The van der Waals surface area contributed by atoms with E-state index in [9.17, 15) is 18.0 Å². The lowest BCUT2D eigenvalue weighted by Gasteiger charge is -2.28. The van der Waals surface area contributed by atoms with Gasteiger partial charge < -0.3 is 4.18 Å². The standard InChI is InChI=1S/C30H24N2O6S/c33-29-26-27(22-16-18-24(19-17-22)38-39(35,36)25-14-8-3-9-15-25)32(23-12-6-2-7-13-23)37-28(26)30(34)31(29)20-21-10-4-1-5-11-21/h1-19,26-28H,20H2/t26-,27+,28+/m0/s1. The lowest BCUT2D eigenvalue weighted by atomic mass is 9.90. The lowest BCUT2D eigenvalue weighted by Crippen LogP contribution is -2.36. The molecule has 2 saturated heterocycles. The van der Waals surface area contributed by atoms with E-state index >= 15 is 0 Å². The third kappa shape index (κ3) is 4.67. The predicted molar refractivity (Wildman–Crippen MR) is 143 cm³/mol. The van der Waals surface area contributed by atoms with E-state index in [1.54, 1.807) is 35.4 Å². The summed E-state index contributed by atoms with van der Waals surface area (Å²) in [4.78, 5) is 34.5. The molecule has 2 fully saturated rings. The van der Waals surface area contributed by atoms with Gasteiger partial charge in [0.1, 0.15) is 16.6 Å². The van der Waals surface area contributed by atoms with Crippen molar-refractivity contribution in [2.45, 2.75) is 23.6 Å². The van der Waals surface area contributed by atoms with Gasteiger partial charge in [-0.1, -0.05) is 78.9 Å². The second kappa shape index (κ2) is 10.0. The number of imide groups is 1. The van der Waals surface area contributed by atoms with Crippen LogP contribution < -0.4 is 9.25 Å². The molecule has 0 unspecified atom stereocenters. The molecule has 2 heterocycles. The van der Waals surface area contributed by atoms with Gasteiger partial charge in [0.25, 0.3) is 5.91 Å². The quantitative estimate of drug-likeness (QED) is 0.252. The van der Waals surface area contributed by atoms with Crippen molar-refractivity contribution < 1.29 is 27.0 Å². The van der Waals surface area contributed by atoms with Crippen LogP contribution in [0.1, 0.15) is 17.2 Å². The number of para-hydroxylation sites is 1. The van der Waals surface area contributed by atoms with Crippen LogP contribution in [0.3, 0.4) is 0 Å².